The summed E-state index contributed by atoms with van der Waals surface area (Å²) < 4.78 is 37.6. The molecular formula is C37H70N2O11. The zero-order chi connectivity index (χ0) is 37.9. The number of hydrogen-bond donors (Lipinski definition) is 5. The molecule has 294 valence electrons. The van der Waals surface area contributed by atoms with Crippen LogP contribution in [0, 0.1) is 23.7 Å². The lowest BCUT2D eigenvalue weighted by molar-refractivity contribution is -0.317. The van der Waals surface area contributed by atoms with Gasteiger partial charge in [0.15, 0.2) is 12.6 Å². The molecule has 0 aromatic carbocycles. The van der Waals surface area contributed by atoms with Crippen molar-refractivity contribution < 1.29 is 53.6 Å². The summed E-state index contributed by atoms with van der Waals surface area (Å²) in [6.07, 6.45) is -6.44. The topological polar surface area (TPSA) is 169 Å². The number of cyclic esters (lactones) is 1. The van der Waals surface area contributed by atoms with Crippen molar-refractivity contribution in [1.82, 2.24) is 10.2 Å². The van der Waals surface area contributed by atoms with Gasteiger partial charge in [0.1, 0.15) is 18.3 Å². The van der Waals surface area contributed by atoms with E-state index in [4.69, 9.17) is 28.4 Å². The number of esters is 1. The molecule has 0 aliphatic carbocycles. The van der Waals surface area contributed by atoms with Gasteiger partial charge >= 0.3 is 5.97 Å². The number of ether oxygens (including phenoxy) is 6. The Balaban J connectivity index is 2.12. The fraction of sp³-hybridized carbons (Fsp3) is 0.973. The predicted molar refractivity (Wildman–Crippen MR) is 188 cm³/mol. The van der Waals surface area contributed by atoms with Crippen molar-refractivity contribution in [2.75, 3.05) is 27.7 Å². The normalized spacial score (nSPS) is 49.2. The van der Waals surface area contributed by atoms with Crippen LogP contribution < -0.4 is 5.32 Å². The molecule has 3 saturated heterocycles. The van der Waals surface area contributed by atoms with Gasteiger partial charge in [-0.2, -0.15) is 0 Å². The fourth-order valence-corrected chi connectivity index (χ4v) is 8.31. The number of nitrogens with zero attached hydrogens (tertiary/aromatic N) is 1. The van der Waals surface area contributed by atoms with Gasteiger partial charge in [0, 0.05) is 37.5 Å². The molecule has 50 heavy (non-hydrogen) atoms. The van der Waals surface area contributed by atoms with Gasteiger partial charge in [-0.05, 0) is 87.4 Å². The van der Waals surface area contributed by atoms with E-state index in [1.165, 1.54) is 7.11 Å². The first-order valence-electron chi connectivity index (χ1n) is 18.7. The minimum Gasteiger partial charge on any atom is -0.462 e. The SMILES string of the molecule is CC[C@H]1OC(=O)[C@H](C)[C@@H](O[C@H]2C[C@@](C)(OC)[C@@H](O)[C@H](C)O2)[C@H](C)[C@@H](O[C@@H]2O[C@H](C)C[C@H](N(C)C)[C@H]2O)[C@](C)(O)C[C@@H](C)CN[C@H](C)[C@@H](O)[C@H]1C. The number of carbonyl (C=O) groups is 1. The minimum absolute atomic E-state index is 0.0629. The van der Waals surface area contributed by atoms with E-state index in [1.807, 2.05) is 60.5 Å². The standard InChI is InChI=1S/C37H70N2O11/c1-14-27-21(4)29(40)24(7)38-18-19(2)16-36(9,44)33(50-35-30(41)26(39(11)12)15-20(3)46-35)22(5)31(23(6)34(43)48-27)49-28-17-37(10,45-13)32(42)25(8)47-28/h19-33,35,38,40-42,44H,14-18H2,1-13H3/t19-,20-,21+,22+,23-,24-,25+,26+,27-,28+,29+,30-,31+,32+,33-,35+,36-,37-/m1/s1. The summed E-state index contributed by atoms with van der Waals surface area (Å²) in [4.78, 5) is 16.0. The lowest BCUT2D eigenvalue weighted by atomic mass is 9.77. The van der Waals surface area contributed by atoms with Crippen molar-refractivity contribution >= 4 is 5.97 Å². The Morgan fingerprint density at radius 2 is 1.58 bits per heavy atom. The first-order chi connectivity index (χ1) is 23.2. The van der Waals surface area contributed by atoms with E-state index in [0.717, 1.165) is 0 Å². The van der Waals surface area contributed by atoms with Crippen LogP contribution in [0.25, 0.3) is 0 Å². The average molecular weight is 719 g/mol. The van der Waals surface area contributed by atoms with E-state index in [2.05, 4.69) is 5.32 Å². The summed E-state index contributed by atoms with van der Waals surface area (Å²) in [5.74, 6) is -2.51. The summed E-state index contributed by atoms with van der Waals surface area (Å²) in [7, 11) is 5.33. The van der Waals surface area contributed by atoms with Crippen LogP contribution >= 0.6 is 0 Å². The van der Waals surface area contributed by atoms with Gasteiger partial charge in [0.05, 0.1) is 47.6 Å². The molecule has 0 aromatic heterocycles. The molecular weight excluding hydrogens is 648 g/mol. The maximum absolute atomic E-state index is 14.1. The van der Waals surface area contributed by atoms with E-state index in [1.54, 1.807) is 27.7 Å². The van der Waals surface area contributed by atoms with Gasteiger partial charge in [0.25, 0.3) is 0 Å². The number of rotatable bonds is 7. The zero-order valence-corrected chi connectivity index (χ0v) is 32.9. The first-order valence-corrected chi connectivity index (χ1v) is 18.7. The highest BCUT2D eigenvalue weighted by Crippen LogP contribution is 2.39. The van der Waals surface area contributed by atoms with Gasteiger partial charge < -0.3 is 59.1 Å². The van der Waals surface area contributed by atoms with Crippen molar-refractivity contribution in [2.45, 2.75) is 180 Å². The molecule has 0 amide bonds. The monoisotopic (exact) mass is 718 g/mol. The number of carbonyl (C=O) groups excluding carboxylic acids is 1. The second kappa shape index (κ2) is 17.9. The smallest absolute Gasteiger partial charge is 0.311 e. The van der Waals surface area contributed by atoms with Gasteiger partial charge in [0.2, 0.25) is 0 Å². The van der Waals surface area contributed by atoms with Crippen LogP contribution in [0.5, 0.6) is 0 Å². The predicted octanol–water partition coefficient (Wildman–Crippen LogP) is 2.44. The quantitative estimate of drug-likeness (QED) is 0.244. The summed E-state index contributed by atoms with van der Waals surface area (Å²) >= 11 is 0. The van der Waals surface area contributed by atoms with Crippen LogP contribution in [0.4, 0.5) is 0 Å². The second-order valence-corrected chi connectivity index (χ2v) is 16.4. The van der Waals surface area contributed by atoms with Crippen LogP contribution in [0.3, 0.4) is 0 Å². The number of nitrogens with one attached hydrogen (secondary N) is 1. The number of aliphatic hydroxyl groups is 4. The molecule has 0 bridgehead atoms. The van der Waals surface area contributed by atoms with Crippen molar-refractivity contribution in [3.05, 3.63) is 0 Å². The van der Waals surface area contributed by atoms with Crippen LogP contribution in [-0.2, 0) is 33.2 Å². The maximum Gasteiger partial charge on any atom is 0.311 e. The molecule has 0 spiro atoms. The maximum atomic E-state index is 14.1. The van der Waals surface area contributed by atoms with Crippen LogP contribution in [0.1, 0.15) is 94.9 Å². The van der Waals surface area contributed by atoms with Gasteiger partial charge in [-0.15, -0.1) is 0 Å². The third kappa shape index (κ3) is 10.2. The number of hydrogen-bond acceptors (Lipinski definition) is 13. The van der Waals surface area contributed by atoms with Crippen LogP contribution in [0.2, 0.25) is 0 Å². The number of likely N-dealkylation sites (N-methyl/N-ethyl adjacent to an activating group) is 1. The molecule has 3 heterocycles. The van der Waals surface area contributed by atoms with Crippen LogP contribution in [-0.4, -0.2) is 144 Å². The summed E-state index contributed by atoms with van der Waals surface area (Å²) in [5.41, 5.74) is -2.48. The molecule has 3 fully saturated rings. The highest BCUT2D eigenvalue weighted by molar-refractivity contribution is 5.73. The third-order valence-electron chi connectivity index (χ3n) is 11.7. The second-order valence-electron chi connectivity index (χ2n) is 16.4. The van der Waals surface area contributed by atoms with Gasteiger partial charge in [-0.1, -0.05) is 27.7 Å². The zero-order valence-electron chi connectivity index (χ0n) is 32.9. The Bertz CT molecular complexity index is 1070. The Morgan fingerprint density at radius 1 is 0.940 bits per heavy atom. The van der Waals surface area contributed by atoms with Crippen molar-refractivity contribution in [3.63, 3.8) is 0 Å². The van der Waals surface area contributed by atoms with Crippen molar-refractivity contribution in [1.29, 1.82) is 0 Å². The molecule has 18 atom stereocenters. The minimum atomic E-state index is -1.50. The fourth-order valence-electron chi connectivity index (χ4n) is 8.31. The average Bonchev–Trinajstić information content (AvgIpc) is 3.05. The molecule has 3 aliphatic rings. The molecule has 0 radical (unpaired) electrons. The van der Waals surface area contributed by atoms with E-state index >= 15 is 0 Å². The molecule has 5 N–H and O–H groups in total. The van der Waals surface area contributed by atoms with E-state index in [0.29, 0.717) is 19.4 Å². The molecule has 0 saturated carbocycles. The van der Waals surface area contributed by atoms with E-state index in [9.17, 15) is 25.2 Å². The third-order valence-corrected chi connectivity index (χ3v) is 11.7. The Kier molecular flexibility index (Phi) is 15.6. The Labute approximate surface area is 300 Å². The Hall–Kier alpha value is -0.970. The number of methoxy groups -OCH3 is 1. The molecule has 3 rings (SSSR count). The van der Waals surface area contributed by atoms with E-state index in [-0.39, 0.29) is 42.9 Å². The first kappa shape index (κ1) is 43.4. The highest BCUT2D eigenvalue weighted by atomic mass is 16.7. The van der Waals surface area contributed by atoms with Gasteiger partial charge in [-0.3, -0.25) is 4.79 Å². The summed E-state index contributed by atoms with van der Waals surface area (Å²) in [6.45, 7) is 19.0. The molecule has 0 unspecified atom stereocenters. The molecule has 13 nitrogen and oxygen atoms in total. The molecule has 3 aliphatic heterocycles. The summed E-state index contributed by atoms with van der Waals surface area (Å²) in [5, 5.41) is 49.5. The lowest BCUT2D eigenvalue weighted by Gasteiger charge is -2.48. The molecule has 13 heteroatoms. The number of aliphatic hydroxyl groups excluding tert-OH is 3. The summed E-state index contributed by atoms with van der Waals surface area (Å²) in [6, 6.07) is -0.549. The van der Waals surface area contributed by atoms with E-state index < -0.39 is 84.3 Å². The van der Waals surface area contributed by atoms with Crippen molar-refractivity contribution in [2.24, 2.45) is 23.7 Å². The van der Waals surface area contributed by atoms with Gasteiger partial charge in [-0.25, -0.2) is 0 Å². The lowest BCUT2D eigenvalue weighted by Crippen LogP contribution is -2.60. The highest BCUT2D eigenvalue weighted by Gasteiger charge is 2.51. The Morgan fingerprint density at radius 3 is 2.16 bits per heavy atom. The van der Waals surface area contributed by atoms with Crippen molar-refractivity contribution in [3.8, 4) is 0 Å². The largest absolute Gasteiger partial charge is 0.462 e. The molecule has 0 aromatic rings. The van der Waals surface area contributed by atoms with Crippen LogP contribution in [0.15, 0.2) is 0 Å².